The Bertz CT molecular complexity index is 1020. The molecule has 2 N–H and O–H groups in total. The van der Waals surface area contributed by atoms with Gasteiger partial charge in [-0.1, -0.05) is 13.0 Å². The van der Waals surface area contributed by atoms with Gasteiger partial charge >= 0.3 is 6.18 Å². The van der Waals surface area contributed by atoms with Crippen molar-refractivity contribution in [2.75, 3.05) is 19.0 Å². The molecule has 0 saturated carbocycles. The molecule has 186 valence electrons. The number of aliphatic hydroxyl groups is 1. The van der Waals surface area contributed by atoms with Crippen LogP contribution in [0.2, 0.25) is 0 Å². The van der Waals surface area contributed by atoms with Gasteiger partial charge in [0.2, 0.25) is 0 Å². The van der Waals surface area contributed by atoms with E-state index in [1.807, 2.05) is 0 Å². The highest BCUT2D eigenvalue weighted by atomic mass is 19.4. The zero-order valence-corrected chi connectivity index (χ0v) is 18.1. The number of hydrogen-bond acceptors (Lipinski definition) is 5. The molecule has 1 fully saturated rings. The lowest BCUT2D eigenvalue weighted by Crippen LogP contribution is -2.35. The normalized spacial score (nSPS) is 22.8. The van der Waals surface area contributed by atoms with Crippen molar-refractivity contribution < 1.29 is 45.7 Å². The van der Waals surface area contributed by atoms with E-state index in [0.717, 1.165) is 13.2 Å². The largest absolute Gasteiger partial charge is 0.496 e. The monoisotopic (exact) mass is 492 g/mol. The van der Waals surface area contributed by atoms with Crippen molar-refractivity contribution in [1.29, 1.82) is 0 Å². The molecule has 2 heterocycles. The topological polar surface area (TPSA) is 80.7 Å². The molecular formula is C22H22F6N2O4. The number of methoxy groups -OCH3 is 1. The highest BCUT2D eigenvalue weighted by Crippen LogP contribution is 2.50. The summed E-state index contributed by atoms with van der Waals surface area (Å²) in [5.41, 5.74) is -0.631. The number of aromatic nitrogens is 1. The fraction of sp³-hybridized carbons (Fsp3) is 0.455. The van der Waals surface area contributed by atoms with E-state index in [2.05, 4.69) is 10.3 Å². The second-order valence-electron chi connectivity index (χ2n) is 7.79. The smallest absolute Gasteiger partial charge is 0.414 e. The molecular weight excluding hydrogens is 470 g/mol. The highest BCUT2D eigenvalue weighted by molar-refractivity contribution is 5.95. The molecule has 4 atom stereocenters. The van der Waals surface area contributed by atoms with E-state index < -0.39 is 59.7 Å². The summed E-state index contributed by atoms with van der Waals surface area (Å²) in [7, 11) is 0.987. The number of pyridine rings is 1. The average Bonchev–Trinajstić information content (AvgIpc) is 3.12. The third kappa shape index (κ3) is 5.12. The van der Waals surface area contributed by atoms with Gasteiger partial charge in [-0.2, -0.15) is 13.2 Å². The van der Waals surface area contributed by atoms with E-state index in [1.54, 1.807) is 0 Å². The molecule has 3 unspecified atom stereocenters. The fourth-order valence-electron chi connectivity index (χ4n) is 4.14. The van der Waals surface area contributed by atoms with Crippen LogP contribution in [0.25, 0.3) is 0 Å². The predicted molar refractivity (Wildman–Crippen MR) is 108 cm³/mol. The Hall–Kier alpha value is -2.86. The summed E-state index contributed by atoms with van der Waals surface area (Å²) in [6.07, 6.45) is -10.7. The maximum Gasteiger partial charge on any atom is 0.414 e. The maximum absolute atomic E-state index is 14.1. The van der Waals surface area contributed by atoms with E-state index in [0.29, 0.717) is 11.8 Å². The van der Waals surface area contributed by atoms with Crippen LogP contribution >= 0.6 is 0 Å². The number of anilines is 1. The molecule has 3 rings (SSSR count). The summed E-state index contributed by atoms with van der Waals surface area (Å²) in [5, 5.41) is 11.4. The number of hydrogen-bond donors (Lipinski definition) is 2. The van der Waals surface area contributed by atoms with Gasteiger partial charge in [0.15, 0.2) is 6.10 Å². The van der Waals surface area contributed by atoms with Crippen molar-refractivity contribution >= 4 is 11.6 Å². The van der Waals surface area contributed by atoms with Gasteiger partial charge < -0.3 is 19.9 Å². The Balaban J connectivity index is 2.01. The lowest BCUT2D eigenvalue weighted by molar-refractivity contribution is -0.221. The van der Waals surface area contributed by atoms with Gasteiger partial charge in [0.1, 0.15) is 17.7 Å². The number of nitrogens with zero attached hydrogens (tertiary/aromatic N) is 1. The molecule has 1 aliphatic rings. The number of amides is 1. The Morgan fingerprint density at radius 1 is 1.26 bits per heavy atom. The predicted octanol–water partition coefficient (Wildman–Crippen LogP) is 4.39. The van der Waals surface area contributed by atoms with Gasteiger partial charge in [-0.3, -0.25) is 9.78 Å². The molecule has 34 heavy (non-hydrogen) atoms. The molecule has 0 bridgehead atoms. The van der Waals surface area contributed by atoms with Crippen molar-refractivity contribution in [2.45, 2.75) is 44.1 Å². The van der Waals surface area contributed by atoms with E-state index in [4.69, 9.17) is 14.6 Å². The van der Waals surface area contributed by atoms with Crippen LogP contribution in [0.5, 0.6) is 5.75 Å². The second kappa shape index (κ2) is 10.2. The molecule has 1 saturated heterocycles. The first-order chi connectivity index (χ1) is 16.0. The number of carbonyl (C=O) groups excluding carboxylic acids is 1. The Morgan fingerprint density at radius 3 is 2.50 bits per heavy atom. The first-order valence-electron chi connectivity index (χ1n) is 10.2. The quantitative estimate of drug-likeness (QED) is 0.561. The first-order valence-corrected chi connectivity index (χ1v) is 10.2. The number of benzene rings is 1. The number of ether oxygens (including phenoxy) is 2. The number of aliphatic hydroxyl groups excluding tert-OH is 1. The SMILES string of the molecule is COc1c(C2C(C)C(C(F)(F)F)O[C@@H]2C(=O)Nc2ccc(CCO)nc2)ccc(F)c1C(F)F. The number of nitrogens with one attached hydrogen (secondary N) is 1. The molecule has 0 aliphatic carbocycles. The van der Waals surface area contributed by atoms with Crippen LogP contribution in [0, 0.1) is 11.7 Å². The van der Waals surface area contributed by atoms with Crippen LogP contribution in [0.3, 0.4) is 0 Å². The Kier molecular flexibility index (Phi) is 7.71. The summed E-state index contributed by atoms with van der Waals surface area (Å²) >= 11 is 0. The van der Waals surface area contributed by atoms with Crippen LogP contribution < -0.4 is 10.1 Å². The van der Waals surface area contributed by atoms with Crippen LogP contribution in [0.15, 0.2) is 30.5 Å². The van der Waals surface area contributed by atoms with Crippen molar-refractivity contribution in [2.24, 2.45) is 5.92 Å². The van der Waals surface area contributed by atoms with Crippen LogP contribution in [0.4, 0.5) is 32.0 Å². The third-order valence-corrected chi connectivity index (χ3v) is 5.66. The minimum absolute atomic E-state index is 0.146. The van der Waals surface area contributed by atoms with Gasteiger partial charge in [-0.15, -0.1) is 0 Å². The second-order valence-corrected chi connectivity index (χ2v) is 7.79. The number of carbonyl (C=O) groups is 1. The van der Waals surface area contributed by atoms with Crippen LogP contribution in [0.1, 0.15) is 36.1 Å². The standard InChI is InChI=1S/C22H22F6N2O4/c1-10-15(13-5-6-14(23)16(20(24)25)17(13)33-2)18(34-19(10)22(26,27)28)21(32)30-12-4-3-11(7-8-31)29-9-12/h3-6,9-10,15,18-20,31H,7-8H2,1-2H3,(H,30,32)/t10?,15?,18-,19?/m0/s1. The van der Waals surface area contributed by atoms with Crippen LogP contribution in [-0.2, 0) is 16.0 Å². The lowest BCUT2D eigenvalue weighted by Gasteiger charge is -2.25. The molecule has 2 aromatic rings. The van der Waals surface area contributed by atoms with Gasteiger partial charge in [-0.25, -0.2) is 13.2 Å². The first kappa shape index (κ1) is 25.8. The summed E-state index contributed by atoms with van der Waals surface area (Å²) < 4.78 is 92.1. The fourth-order valence-corrected chi connectivity index (χ4v) is 4.14. The highest BCUT2D eigenvalue weighted by Gasteiger charge is 2.57. The molecule has 12 heteroatoms. The molecule has 1 aromatic carbocycles. The van der Waals surface area contributed by atoms with Crippen LogP contribution in [-0.4, -0.2) is 48.1 Å². The third-order valence-electron chi connectivity index (χ3n) is 5.66. The zero-order valence-electron chi connectivity index (χ0n) is 18.1. The Labute approximate surface area is 190 Å². The molecule has 6 nitrogen and oxygen atoms in total. The number of halogens is 6. The van der Waals surface area contributed by atoms with Crippen molar-refractivity contribution in [1.82, 2.24) is 4.98 Å². The van der Waals surface area contributed by atoms with E-state index in [9.17, 15) is 31.1 Å². The van der Waals surface area contributed by atoms with Gasteiger partial charge in [0.25, 0.3) is 12.3 Å². The minimum Gasteiger partial charge on any atom is -0.496 e. The van der Waals surface area contributed by atoms with E-state index >= 15 is 0 Å². The van der Waals surface area contributed by atoms with Gasteiger partial charge in [0, 0.05) is 36.1 Å². The van der Waals surface area contributed by atoms with E-state index in [-0.39, 0.29) is 24.3 Å². The zero-order chi connectivity index (χ0) is 25.2. The minimum atomic E-state index is -4.85. The molecule has 0 spiro atoms. The Morgan fingerprint density at radius 2 is 1.97 bits per heavy atom. The average molecular weight is 492 g/mol. The van der Waals surface area contributed by atoms with Crippen molar-refractivity contribution in [3.05, 3.63) is 53.1 Å². The summed E-state index contributed by atoms with van der Waals surface area (Å²) in [5.74, 6) is -5.65. The lowest BCUT2D eigenvalue weighted by atomic mass is 9.81. The summed E-state index contributed by atoms with van der Waals surface area (Å²) in [4.78, 5) is 17.0. The number of alkyl halides is 5. The van der Waals surface area contributed by atoms with Crippen molar-refractivity contribution in [3.63, 3.8) is 0 Å². The number of rotatable bonds is 7. The summed E-state index contributed by atoms with van der Waals surface area (Å²) in [6.45, 7) is 1.03. The van der Waals surface area contributed by atoms with Gasteiger partial charge in [-0.05, 0) is 18.2 Å². The molecule has 1 aliphatic heterocycles. The molecule has 1 amide bonds. The summed E-state index contributed by atoms with van der Waals surface area (Å²) in [6, 6.07) is 4.68. The van der Waals surface area contributed by atoms with Gasteiger partial charge in [0.05, 0.1) is 24.6 Å². The maximum atomic E-state index is 14.1. The molecule has 0 radical (unpaired) electrons. The van der Waals surface area contributed by atoms with E-state index in [1.165, 1.54) is 25.3 Å². The van der Waals surface area contributed by atoms with Crippen molar-refractivity contribution in [3.8, 4) is 5.75 Å². The molecule has 1 aromatic heterocycles.